The van der Waals surface area contributed by atoms with Crippen LogP contribution in [0.4, 0.5) is 14.5 Å². The number of phenols is 1. The second kappa shape index (κ2) is 2.83. The number of nitrogens with two attached hydrogens (primary N) is 1. The van der Waals surface area contributed by atoms with Crippen molar-refractivity contribution in [1.82, 2.24) is 0 Å². The van der Waals surface area contributed by atoms with Gasteiger partial charge in [0.1, 0.15) is 17.4 Å². The summed E-state index contributed by atoms with van der Waals surface area (Å²) in [7, 11) is 0. The summed E-state index contributed by atoms with van der Waals surface area (Å²) < 4.78 is 26.1. The molecule has 0 radical (unpaired) electrons. The van der Waals surface area contributed by atoms with Crippen molar-refractivity contribution < 1.29 is 13.9 Å². The van der Waals surface area contributed by atoms with Crippen LogP contribution in [0, 0.1) is 11.6 Å². The molecule has 0 unspecified atom stereocenters. The molecule has 0 aliphatic heterocycles. The van der Waals surface area contributed by atoms with E-state index < -0.39 is 17.4 Å². The molecule has 72 valence electrons. The Balaban J connectivity index is 3.00. The van der Waals surface area contributed by atoms with Crippen LogP contribution in [0.3, 0.4) is 0 Å². The number of rotatable bonds is 0. The van der Waals surface area contributed by atoms with Crippen molar-refractivity contribution in [2.45, 2.75) is 0 Å². The lowest BCUT2D eigenvalue weighted by Gasteiger charge is -2.05. The number of hydrogen-bond donors (Lipinski definition) is 2. The van der Waals surface area contributed by atoms with Gasteiger partial charge in [-0.1, -0.05) is 0 Å². The van der Waals surface area contributed by atoms with Gasteiger partial charge in [0, 0.05) is 17.1 Å². The molecule has 14 heavy (non-hydrogen) atoms. The third-order valence-corrected chi connectivity index (χ3v) is 2.04. The minimum Gasteiger partial charge on any atom is -0.507 e. The molecule has 0 atom stereocenters. The summed E-state index contributed by atoms with van der Waals surface area (Å²) >= 11 is 0. The van der Waals surface area contributed by atoms with Gasteiger partial charge in [0.25, 0.3) is 0 Å². The first-order valence-electron chi connectivity index (χ1n) is 3.96. The van der Waals surface area contributed by atoms with E-state index in [4.69, 9.17) is 5.73 Å². The summed E-state index contributed by atoms with van der Waals surface area (Å²) in [6, 6.07) is 4.41. The van der Waals surface area contributed by atoms with E-state index in [9.17, 15) is 13.9 Å². The minimum absolute atomic E-state index is 0.0496. The fraction of sp³-hybridized carbons (Fsp3) is 0. The number of fused-ring (bicyclic) bond motifs is 1. The smallest absolute Gasteiger partial charge is 0.134 e. The Morgan fingerprint density at radius 2 is 1.86 bits per heavy atom. The first-order chi connectivity index (χ1) is 6.59. The highest BCUT2D eigenvalue weighted by Crippen LogP contribution is 2.31. The summed E-state index contributed by atoms with van der Waals surface area (Å²) in [6.07, 6.45) is 0. The molecule has 0 bridgehead atoms. The molecule has 0 aliphatic rings. The van der Waals surface area contributed by atoms with E-state index in [0.717, 1.165) is 18.2 Å². The molecule has 2 aromatic rings. The van der Waals surface area contributed by atoms with E-state index in [2.05, 4.69) is 0 Å². The van der Waals surface area contributed by atoms with Crippen LogP contribution >= 0.6 is 0 Å². The predicted molar refractivity (Wildman–Crippen MR) is 49.9 cm³/mol. The lowest BCUT2D eigenvalue weighted by Crippen LogP contribution is -1.90. The average Bonchev–Trinajstić information content (AvgIpc) is 2.10. The number of hydrogen-bond acceptors (Lipinski definition) is 2. The fourth-order valence-corrected chi connectivity index (χ4v) is 1.41. The standard InChI is InChI=1S/C10H7F2NO/c11-5-3-6-8(13)2-1-7(12)10(6)9(14)4-5/h1-4,14H,13H2. The molecule has 0 aliphatic carbocycles. The largest absolute Gasteiger partial charge is 0.507 e. The van der Waals surface area contributed by atoms with E-state index in [1.807, 2.05) is 0 Å². The maximum atomic E-state index is 13.2. The summed E-state index contributed by atoms with van der Waals surface area (Å²) in [5.41, 5.74) is 5.75. The number of benzene rings is 2. The number of aromatic hydroxyl groups is 1. The third-order valence-electron chi connectivity index (χ3n) is 2.04. The highest BCUT2D eigenvalue weighted by atomic mass is 19.1. The van der Waals surface area contributed by atoms with Crippen LogP contribution in [0.5, 0.6) is 5.75 Å². The molecule has 0 saturated heterocycles. The van der Waals surface area contributed by atoms with Gasteiger partial charge in [-0.05, 0) is 18.2 Å². The molecular weight excluding hydrogens is 188 g/mol. The van der Waals surface area contributed by atoms with Crippen molar-refractivity contribution in [3.05, 3.63) is 35.9 Å². The molecule has 0 amide bonds. The Bertz CT molecular complexity index is 511. The maximum absolute atomic E-state index is 13.2. The monoisotopic (exact) mass is 195 g/mol. The van der Waals surface area contributed by atoms with Crippen LogP contribution in [0.2, 0.25) is 0 Å². The SMILES string of the molecule is Nc1ccc(F)c2c(O)cc(F)cc12. The highest BCUT2D eigenvalue weighted by Gasteiger charge is 2.10. The number of halogens is 2. The molecule has 0 fully saturated rings. The molecule has 2 nitrogen and oxygen atoms in total. The number of phenolic OH excluding ortho intramolecular Hbond substituents is 1. The van der Waals surface area contributed by atoms with E-state index in [1.54, 1.807) is 0 Å². The van der Waals surface area contributed by atoms with Gasteiger partial charge in [-0.15, -0.1) is 0 Å². The van der Waals surface area contributed by atoms with Gasteiger partial charge in [-0.2, -0.15) is 0 Å². The summed E-state index contributed by atoms with van der Waals surface area (Å²) in [5, 5.41) is 9.46. The maximum Gasteiger partial charge on any atom is 0.134 e. The molecule has 2 rings (SSSR count). The Morgan fingerprint density at radius 1 is 1.14 bits per heavy atom. The van der Waals surface area contributed by atoms with Crippen molar-refractivity contribution in [2.75, 3.05) is 5.73 Å². The van der Waals surface area contributed by atoms with Crippen LogP contribution in [0.1, 0.15) is 0 Å². The molecule has 4 heteroatoms. The lowest BCUT2D eigenvalue weighted by atomic mass is 10.1. The topological polar surface area (TPSA) is 46.2 Å². The van der Waals surface area contributed by atoms with Gasteiger partial charge in [0.05, 0.1) is 5.39 Å². The van der Waals surface area contributed by atoms with Gasteiger partial charge < -0.3 is 10.8 Å². The highest BCUT2D eigenvalue weighted by molar-refractivity contribution is 5.97. The molecule has 0 saturated carbocycles. The van der Waals surface area contributed by atoms with Gasteiger partial charge in [-0.3, -0.25) is 0 Å². The van der Waals surface area contributed by atoms with E-state index >= 15 is 0 Å². The molecule has 0 heterocycles. The van der Waals surface area contributed by atoms with Crippen molar-refractivity contribution in [3.8, 4) is 5.75 Å². The zero-order valence-corrected chi connectivity index (χ0v) is 7.09. The molecule has 0 spiro atoms. The van der Waals surface area contributed by atoms with Crippen molar-refractivity contribution in [1.29, 1.82) is 0 Å². The van der Waals surface area contributed by atoms with Gasteiger partial charge >= 0.3 is 0 Å². The zero-order valence-electron chi connectivity index (χ0n) is 7.09. The van der Waals surface area contributed by atoms with Crippen LogP contribution in [0.25, 0.3) is 10.8 Å². The van der Waals surface area contributed by atoms with Crippen molar-refractivity contribution in [2.24, 2.45) is 0 Å². The Morgan fingerprint density at radius 3 is 2.57 bits per heavy atom. The van der Waals surface area contributed by atoms with Gasteiger partial charge in [0.2, 0.25) is 0 Å². The Labute approximate surface area is 78.6 Å². The minimum atomic E-state index is -0.646. The van der Waals surface area contributed by atoms with Gasteiger partial charge in [-0.25, -0.2) is 8.78 Å². The molecule has 2 aromatic carbocycles. The fourth-order valence-electron chi connectivity index (χ4n) is 1.41. The normalized spacial score (nSPS) is 10.7. The van der Waals surface area contributed by atoms with E-state index in [-0.39, 0.29) is 16.5 Å². The van der Waals surface area contributed by atoms with Crippen LogP contribution in [-0.4, -0.2) is 5.11 Å². The summed E-state index contributed by atoms with van der Waals surface area (Å²) in [6.45, 7) is 0. The van der Waals surface area contributed by atoms with Crippen LogP contribution < -0.4 is 5.73 Å². The summed E-state index contributed by atoms with van der Waals surface area (Å²) in [4.78, 5) is 0. The Hall–Kier alpha value is -1.84. The first-order valence-corrected chi connectivity index (χ1v) is 3.96. The number of nitrogen functional groups attached to an aromatic ring is 1. The van der Waals surface area contributed by atoms with Crippen molar-refractivity contribution >= 4 is 16.5 Å². The third kappa shape index (κ3) is 1.16. The number of anilines is 1. The summed E-state index contributed by atoms with van der Waals surface area (Å²) in [5.74, 6) is -1.70. The second-order valence-electron chi connectivity index (χ2n) is 2.98. The Kier molecular flexibility index (Phi) is 1.77. The molecule has 3 N–H and O–H groups in total. The molecular formula is C10H7F2NO. The zero-order chi connectivity index (χ0) is 10.3. The van der Waals surface area contributed by atoms with E-state index in [1.165, 1.54) is 6.07 Å². The van der Waals surface area contributed by atoms with Crippen molar-refractivity contribution in [3.63, 3.8) is 0 Å². The average molecular weight is 195 g/mol. The quantitative estimate of drug-likeness (QED) is 0.634. The molecule has 0 aromatic heterocycles. The second-order valence-corrected chi connectivity index (χ2v) is 2.98. The lowest BCUT2D eigenvalue weighted by molar-refractivity contribution is 0.473. The van der Waals surface area contributed by atoms with E-state index in [0.29, 0.717) is 0 Å². The van der Waals surface area contributed by atoms with Crippen LogP contribution in [0.15, 0.2) is 24.3 Å². The van der Waals surface area contributed by atoms with Crippen LogP contribution in [-0.2, 0) is 0 Å². The van der Waals surface area contributed by atoms with Gasteiger partial charge in [0.15, 0.2) is 0 Å². The predicted octanol–water partition coefficient (Wildman–Crippen LogP) is 2.41. The first kappa shape index (κ1) is 8.74.